The third-order valence-corrected chi connectivity index (χ3v) is 22.3. The van der Waals surface area contributed by atoms with E-state index in [0.717, 1.165) is 143 Å². The zero-order valence-corrected chi connectivity index (χ0v) is 56.6. The summed E-state index contributed by atoms with van der Waals surface area (Å²) in [4.78, 5) is 15.1. The maximum absolute atomic E-state index is 10.1. The van der Waals surface area contributed by atoms with Crippen LogP contribution < -0.4 is 26.2 Å². The Bertz CT molecular complexity index is 5560. The van der Waals surface area contributed by atoms with Gasteiger partial charge in [-0.25, -0.2) is 0 Å². The third-order valence-electron chi connectivity index (χ3n) is 22.3. The first-order valence-corrected chi connectivity index (χ1v) is 34.5. The van der Waals surface area contributed by atoms with E-state index >= 15 is 0 Å². The molecular weight excluding hydrogens is 1190 g/mol. The highest BCUT2D eigenvalue weighted by atomic mass is 15.2. The molecule has 2 aliphatic heterocycles. The monoisotopic (exact) mass is 1270 g/mol. The minimum atomic E-state index is -0.513. The number of hydrogen-bond donors (Lipinski definition) is 0. The summed E-state index contributed by atoms with van der Waals surface area (Å²) in [7, 11) is 0. The fourth-order valence-electron chi connectivity index (χ4n) is 16.9. The van der Waals surface area contributed by atoms with Crippen molar-refractivity contribution in [2.45, 2.75) is 103 Å². The van der Waals surface area contributed by atoms with E-state index in [0.29, 0.717) is 5.69 Å². The molecular formula is C92H78BN5. The molecule has 5 nitrogen and oxygen atoms in total. The Balaban J connectivity index is 1.05. The van der Waals surface area contributed by atoms with Crippen LogP contribution in [0.3, 0.4) is 0 Å². The van der Waals surface area contributed by atoms with Gasteiger partial charge in [-0.2, -0.15) is 0 Å². The van der Waals surface area contributed by atoms with Gasteiger partial charge in [0.1, 0.15) is 0 Å². The molecule has 0 saturated heterocycles. The fourth-order valence-corrected chi connectivity index (χ4v) is 16.9. The molecule has 11 aromatic carbocycles. The molecule has 0 unspecified atom stereocenters. The average Bonchev–Trinajstić information content (AvgIpc) is 1.28. The molecule has 0 spiro atoms. The van der Waals surface area contributed by atoms with E-state index in [4.69, 9.17) is 9.97 Å². The van der Waals surface area contributed by atoms with Crippen molar-refractivity contribution >= 4 is 79.0 Å². The lowest BCUT2D eigenvalue weighted by molar-refractivity contribution is 0.332. The van der Waals surface area contributed by atoms with Gasteiger partial charge in [-0.1, -0.05) is 274 Å². The van der Waals surface area contributed by atoms with E-state index in [2.05, 4.69) is 247 Å². The number of aromatic nitrogens is 3. The van der Waals surface area contributed by atoms with E-state index in [1.807, 2.05) is 49.1 Å². The molecule has 0 N–H and O–H groups in total. The van der Waals surface area contributed by atoms with Gasteiger partial charge in [-0.05, 0) is 167 Å². The number of benzene rings is 11. The average molecular weight is 1270 g/mol. The SMILES string of the molecule is [2H]c1c([2H])c([2H])c2c(c1[2H])c1c([2H])c([2H])c([2H])c([2H])c1n2-c1cc2c3c(c1)N(c1c(-c4ccccc4)cncc1-c1ccccc1)c1cc(-c4ccc5c(c4)C(C)(C)CCC5(C)C)ccc1B3c1ccc(-c3ccc4c(c3)C(C)(C)CCC4(C)C)cc1N2c1c(-c2ccccc2)cncc1-c1ccccc1. The first-order valence-electron chi connectivity index (χ1n) is 38.5. The topological polar surface area (TPSA) is 37.2 Å². The smallest absolute Gasteiger partial charge is 0.252 e. The Morgan fingerprint density at radius 1 is 0.337 bits per heavy atom. The minimum absolute atomic E-state index is 0.0112. The second kappa shape index (κ2) is 22.4. The van der Waals surface area contributed by atoms with Crippen LogP contribution in [-0.2, 0) is 21.7 Å². The highest BCUT2D eigenvalue weighted by molar-refractivity contribution is 7.00. The van der Waals surface area contributed by atoms with E-state index in [9.17, 15) is 11.0 Å². The molecule has 14 aromatic rings. The molecule has 5 heterocycles. The Labute approximate surface area is 588 Å². The normalized spacial score (nSPS) is 17.0. The van der Waals surface area contributed by atoms with Crippen LogP contribution in [0.25, 0.3) is 94.3 Å². The number of para-hydroxylation sites is 2. The van der Waals surface area contributed by atoms with Crippen LogP contribution in [-0.4, -0.2) is 21.2 Å². The van der Waals surface area contributed by atoms with Crippen molar-refractivity contribution in [1.29, 1.82) is 0 Å². The maximum atomic E-state index is 10.1. The summed E-state index contributed by atoms with van der Waals surface area (Å²) in [6.07, 6.45) is 12.1. The van der Waals surface area contributed by atoms with E-state index in [1.54, 1.807) is 4.57 Å². The standard InChI is InChI=1S/C92H78BN5/c1-89(2)45-47-91(5,6)76-49-63(37-41-74(76)89)65-39-43-78-82(51-65)97(87-70(59-25-13-9-14-26-59)55-94-56-71(87)60-27-15-10-16-28-60)84-53-67(96-80-35-23-21-33-68(80)69-34-22-24-36-81(69)96)54-85-86(84)93(78)79-44-40-66(64-38-42-75-77(50-64)92(7,8)48-46-90(75,3)4)52-83(79)98(85)88-72(61-29-17-11-18-30-61)57-95-58-73(88)62-31-19-12-20-32-62/h9-44,49-58H,45-48H2,1-8H3/i21D,22D,23D,24D,33D,34D,35D,36D. The van der Waals surface area contributed by atoms with Crippen molar-refractivity contribution in [1.82, 2.24) is 14.5 Å². The van der Waals surface area contributed by atoms with Gasteiger partial charge in [0.25, 0.3) is 6.71 Å². The van der Waals surface area contributed by atoms with Crippen molar-refractivity contribution in [3.8, 4) is 72.4 Å². The van der Waals surface area contributed by atoms with Gasteiger partial charge >= 0.3 is 0 Å². The van der Waals surface area contributed by atoms with Gasteiger partial charge in [-0.3, -0.25) is 9.97 Å². The molecule has 0 radical (unpaired) electrons. The number of hydrogen-bond acceptors (Lipinski definition) is 4. The van der Waals surface area contributed by atoms with Crippen LogP contribution in [0.5, 0.6) is 0 Å². The Morgan fingerprint density at radius 2 is 0.663 bits per heavy atom. The van der Waals surface area contributed by atoms with Gasteiger partial charge in [0.05, 0.1) is 39.1 Å². The predicted octanol–water partition coefficient (Wildman–Crippen LogP) is 22.4. The van der Waals surface area contributed by atoms with Gasteiger partial charge in [-0.15, -0.1) is 0 Å². The maximum Gasteiger partial charge on any atom is 0.252 e. The van der Waals surface area contributed by atoms with Crippen LogP contribution in [0.15, 0.2) is 279 Å². The van der Waals surface area contributed by atoms with Crippen LogP contribution >= 0.6 is 0 Å². The summed E-state index contributed by atoms with van der Waals surface area (Å²) in [6.45, 7) is 18.5. The third kappa shape index (κ3) is 9.42. The number of rotatable bonds is 9. The van der Waals surface area contributed by atoms with Crippen molar-refractivity contribution in [2.75, 3.05) is 9.80 Å². The van der Waals surface area contributed by atoms with Gasteiger partial charge in [0.2, 0.25) is 0 Å². The molecule has 0 saturated carbocycles. The largest absolute Gasteiger partial charge is 0.310 e. The fraction of sp³-hybridized carbons (Fsp3) is 0.174. The highest BCUT2D eigenvalue weighted by Crippen LogP contribution is 2.56. The summed E-state index contributed by atoms with van der Waals surface area (Å²) in [6, 6.07) is 70.3. The van der Waals surface area contributed by atoms with E-state index in [1.165, 1.54) is 22.3 Å². The zero-order valence-electron chi connectivity index (χ0n) is 64.6. The first-order chi connectivity index (χ1) is 50.9. The Morgan fingerprint density at radius 3 is 1.03 bits per heavy atom. The summed E-state index contributed by atoms with van der Waals surface area (Å²) in [5.74, 6) is 0. The van der Waals surface area contributed by atoms with Crippen LogP contribution in [0, 0.1) is 0 Å². The predicted molar refractivity (Wildman–Crippen MR) is 414 cm³/mol. The highest BCUT2D eigenvalue weighted by Gasteiger charge is 2.47. The quantitative estimate of drug-likeness (QED) is 0.135. The van der Waals surface area contributed by atoms with Crippen molar-refractivity contribution in [2.24, 2.45) is 0 Å². The lowest BCUT2D eigenvalue weighted by atomic mass is 9.33. The zero-order chi connectivity index (χ0) is 73.4. The first kappa shape index (κ1) is 51.5. The van der Waals surface area contributed by atoms with Gasteiger partial charge in [0.15, 0.2) is 0 Å². The second-order valence-electron chi connectivity index (χ2n) is 30.0. The number of nitrogens with zero attached hydrogens (tertiary/aromatic N) is 5. The number of fused-ring (bicyclic) bond motifs is 9. The summed E-state index contributed by atoms with van der Waals surface area (Å²) in [5.41, 5.74) is 24.8. The lowest BCUT2D eigenvalue weighted by Gasteiger charge is -2.46. The molecule has 18 rings (SSSR count). The summed E-state index contributed by atoms with van der Waals surface area (Å²) < 4.78 is 79.0. The minimum Gasteiger partial charge on any atom is -0.310 e. The van der Waals surface area contributed by atoms with Crippen LogP contribution in [0.1, 0.15) is 114 Å². The summed E-state index contributed by atoms with van der Waals surface area (Å²) >= 11 is 0. The molecule has 3 aromatic heterocycles. The number of pyridine rings is 2. The van der Waals surface area contributed by atoms with E-state index in [-0.39, 0.29) is 55.6 Å². The second-order valence-corrected chi connectivity index (χ2v) is 30.0. The van der Waals surface area contributed by atoms with E-state index < -0.39 is 43.0 Å². The van der Waals surface area contributed by atoms with Crippen molar-refractivity contribution < 1.29 is 11.0 Å². The molecule has 0 bridgehead atoms. The Hall–Kier alpha value is -10.8. The molecule has 0 atom stereocenters. The summed E-state index contributed by atoms with van der Waals surface area (Å²) in [5, 5.41) is -0.0224. The molecule has 6 heteroatoms. The van der Waals surface area contributed by atoms with Crippen LogP contribution in [0.2, 0.25) is 0 Å². The Kier molecular flexibility index (Phi) is 11.7. The number of anilines is 6. The molecule has 0 fully saturated rings. The van der Waals surface area contributed by atoms with Crippen LogP contribution in [0.4, 0.5) is 34.1 Å². The molecule has 474 valence electrons. The van der Waals surface area contributed by atoms with Gasteiger partial charge in [0, 0.05) is 80.6 Å². The molecule has 0 amide bonds. The molecule has 4 aliphatic rings. The molecule has 2 aliphatic carbocycles. The molecule has 98 heavy (non-hydrogen) atoms. The van der Waals surface area contributed by atoms with Crippen molar-refractivity contribution in [3.05, 3.63) is 302 Å². The lowest BCUT2D eigenvalue weighted by Crippen LogP contribution is -2.61. The van der Waals surface area contributed by atoms with Crippen molar-refractivity contribution in [3.63, 3.8) is 0 Å². The van der Waals surface area contributed by atoms with Gasteiger partial charge < -0.3 is 14.4 Å².